The molecule has 0 saturated carbocycles. The summed E-state index contributed by atoms with van der Waals surface area (Å²) in [7, 11) is 1.78. The molecule has 21 heavy (non-hydrogen) atoms. The molecule has 3 heteroatoms. The Labute approximate surface area is 129 Å². The van der Waals surface area contributed by atoms with Crippen LogP contribution in [-0.2, 0) is 4.74 Å². The molecule has 2 unspecified atom stereocenters. The van der Waals surface area contributed by atoms with Crippen molar-refractivity contribution in [1.29, 1.82) is 0 Å². The number of benzene rings is 1. The monoisotopic (exact) mass is 291 g/mol. The second-order valence-electron chi connectivity index (χ2n) is 6.10. The van der Waals surface area contributed by atoms with Crippen molar-refractivity contribution >= 4 is 0 Å². The number of rotatable bonds is 7. The molecule has 3 nitrogen and oxygen atoms in total. The molecule has 0 aliphatic carbocycles. The van der Waals surface area contributed by atoms with Crippen LogP contribution >= 0.6 is 0 Å². The summed E-state index contributed by atoms with van der Waals surface area (Å²) in [6.07, 6.45) is 3.45. The third kappa shape index (κ3) is 3.98. The minimum atomic E-state index is 0.353. The van der Waals surface area contributed by atoms with Gasteiger partial charge in [-0.05, 0) is 56.7 Å². The van der Waals surface area contributed by atoms with E-state index in [0.29, 0.717) is 12.0 Å². The number of nitrogens with one attached hydrogen (secondary N) is 1. The highest BCUT2D eigenvalue weighted by molar-refractivity contribution is 5.46. The molecule has 1 fully saturated rings. The van der Waals surface area contributed by atoms with Crippen molar-refractivity contribution in [3.63, 3.8) is 0 Å². The van der Waals surface area contributed by atoms with E-state index in [1.165, 1.54) is 23.1 Å². The molecule has 118 valence electrons. The van der Waals surface area contributed by atoms with Gasteiger partial charge in [0.2, 0.25) is 0 Å². The molecule has 1 saturated heterocycles. The molecule has 2 atom stereocenters. The lowest BCUT2D eigenvalue weighted by Gasteiger charge is -2.25. The van der Waals surface area contributed by atoms with Gasteiger partial charge in [0.25, 0.3) is 0 Å². The van der Waals surface area contributed by atoms with Crippen LogP contribution in [0.1, 0.15) is 48.9 Å². The first kappa shape index (κ1) is 16.3. The standard InChI is InChI=1S/C18H29NO2/c1-5-9-19-17(11-15-8-10-21-12-15)16-7-6-13(2)14(3)18(16)20-4/h6-7,15,17,19H,5,8-12H2,1-4H3. The average Bonchev–Trinajstić information content (AvgIpc) is 2.99. The maximum Gasteiger partial charge on any atom is 0.126 e. The van der Waals surface area contributed by atoms with Crippen LogP contribution in [0.2, 0.25) is 0 Å². The number of ether oxygens (including phenoxy) is 2. The third-order valence-electron chi connectivity index (χ3n) is 4.52. The van der Waals surface area contributed by atoms with Crippen molar-refractivity contribution in [2.45, 2.75) is 46.1 Å². The Morgan fingerprint density at radius 1 is 1.38 bits per heavy atom. The topological polar surface area (TPSA) is 30.5 Å². The Kier molecular flexibility index (Phi) is 6.07. The van der Waals surface area contributed by atoms with E-state index in [9.17, 15) is 0 Å². The zero-order chi connectivity index (χ0) is 15.2. The summed E-state index contributed by atoms with van der Waals surface area (Å²) < 4.78 is 11.2. The fraction of sp³-hybridized carbons (Fsp3) is 0.667. The predicted molar refractivity (Wildman–Crippen MR) is 87.0 cm³/mol. The number of hydrogen-bond donors (Lipinski definition) is 1. The van der Waals surface area contributed by atoms with E-state index in [4.69, 9.17) is 9.47 Å². The van der Waals surface area contributed by atoms with Gasteiger partial charge >= 0.3 is 0 Å². The molecule has 1 N–H and O–H groups in total. The fourth-order valence-corrected chi connectivity index (χ4v) is 3.10. The first-order valence-corrected chi connectivity index (χ1v) is 8.12. The zero-order valence-electron chi connectivity index (χ0n) is 13.9. The summed E-state index contributed by atoms with van der Waals surface area (Å²) in [6.45, 7) is 9.34. The van der Waals surface area contributed by atoms with Crippen LogP contribution in [0.3, 0.4) is 0 Å². The molecule has 0 spiro atoms. The number of hydrogen-bond acceptors (Lipinski definition) is 3. The molecule has 1 heterocycles. The van der Waals surface area contributed by atoms with Crippen LogP contribution < -0.4 is 10.1 Å². The molecular weight excluding hydrogens is 262 g/mol. The minimum absolute atomic E-state index is 0.353. The second kappa shape index (κ2) is 7.81. The normalized spacial score (nSPS) is 19.7. The molecular formula is C18H29NO2. The molecule has 0 amide bonds. The highest BCUT2D eigenvalue weighted by Gasteiger charge is 2.24. The molecule has 0 bridgehead atoms. The Balaban J connectivity index is 2.24. The smallest absolute Gasteiger partial charge is 0.126 e. The van der Waals surface area contributed by atoms with E-state index in [-0.39, 0.29) is 0 Å². The summed E-state index contributed by atoms with van der Waals surface area (Å²) in [5.74, 6) is 1.70. The fourth-order valence-electron chi connectivity index (χ4n) is 3.10. The van der Waals surface area contributed by atoms with Gasteiger partial charge in [-0.1, -0.05) is 19.1 Å². The van der Waals surface area contributed by atoms with Crippen molar-refractivity contribution in [2.24, 2.45) is 5.92 Å². The number of methoxy groups -OCH3 is 1. The van der Waals surface area contributed by atoms with E-state index in [2.05, 4.69) is 38.2 Å². The molecule has 1 aromatic carbocycles. The Morgan fingerprint density at radius 2 is 2.19 bits per heavy atom. The predicted octanol–water partition coefficient (Wildman–Crippen LogP) is 3.78. The number of aryl methyl sites for hydroxylation is 1. The maximum absolute atomic E-state index is 5.71. The highest BCUT2D eigenvalue weighted by Crippen LogP contribution is 2.35. The first-order chi connectivity index (χ1) is 10.2. The summed E-state index contributed by atoms with van der Waals surface area (Å²) in [6, 6.07) is 4.79. The lowest BCUT2D eigenvalue weighted by molar-refractivity contribution is 0.181. The first-order valence-electron chi connectivity index (χ1n) is 8.12. The Bertz CT molecular complexity index is 453. The third-order valence-corrected chi connectivity index (χ3v) is 4.52. The highest BCUT2D eigenvalue weighted by atomic mass is 16.5. The van der Waals surface area contributed by atoms with Crippen molar-refractivity contribution in [2.75, 3.05) is 26.9 Å². The quantitative estimate of drug-likeness (QED) is 0.829. The zero-order valence-corrected chi connectivity index (χ0v) is 13.9. The van der Waals surface area contributed by atoms with Gasteiger partial charge in [0.1, 0.15) is 5.75 Å². The summed E-state index contributed by atoms with van der Waals surface area (Å²) in [5, 5.41) is 3.70. The van der Waals surface area contributed by atoms with Crippen LogP contribution in [0.15, 0.2) is 12.1 Å². The van der Waals surface area contributed by atoms with E-state index in [0.717, 1.165) is 38.3 Å². The van der Waals surface area contributed by atoms with Gasteiger partial charge in [-0.3, -0.25) is 0 Å². The second-order valence-corrected chi connectivity index (χ2v) is 6.10. The summed E-state index contributed by atoms with van der Waals surface area (Å²) in [4.78, 5) is 0. The minimum Gasteiger partial charge on any atom is -0.496 e. The van der Waals surface area contributed by atoms with E-state index in [1.807, 2.05) is 0 Å². The van der Waals surface area contributed by atoms with Gasteiger partial charge in [0.05, 0.1) is 7.11 Å². The van der Waals surface area contributed by atoms with Crippen molar-refractivity contribution in [1.82, 2.24) is 5.32 Å². The summed E-state index contributed by atoms with van der Waals surface area (Å²) in [5.41, 5.74) is 3.83. The van der Waals surface area contributed by atoms with Gasteiger partial charge in [-0.2, -0.15) is 0 Å². The Hall–Kier alpha value is -1.06. The van der Waals surface area contributed by atoms with Gasteiger partial charge in [-0.15, -0.1) is 0 Å². The largest absolute Gasteiger partial charge is 0.496 e. The lowest BCUT2D eigenvalue weighted by atomic mass is 9.91. The van der Waals surface area contributed by atoms with E-state index < -0.39 is 0 Å². The molecule has 1 aliphatic heterocycles. The van der Waals surface area contributed by atoms with Crippen molar-refractivity contribution in [3.8, 4) is 5.75 Å². The molecule has 0 radical (unpaired) electrons. The SMILES string of the molecule is CCCNC(CC1CCOC1)c1ccc(C)c(C)c1OC. The van der Waals surface area contributed by atoms with Gasteiger partial charge < -0.3 is 14.8 Å². The summed E-state index contributed by atoms with van der Waals surface area (Å²) >= 11 is 0. The lowest BCUT2D eigenvalue weighted by Crippen LogP contribution is -2.25. The molecule has 0 aromatic heterocycles. The van der Waals surface area contributed by atoms with Crippen LogP contribution in [0.5, 0.6) is 5.75 Å². The average molecular weight is 291 g/mol. The van der Waals surface area contributed by atoms with Crippen LogP contribution in [0.25, 0.3) is 0 Å². The van der Waals surface area contributed by atoms with Gasteiger partial charge in [-0.25, -0.2) is 0 Å². The molecule has 2 rings (SSSR count). The van der Waals surface area contributed by atoms with Crippen molar-refractivity contribution in [3.05, 3.63) is 28.8 Å². The van der Waals surface area contributed by atoms with Gasteiger partial charge in [0.15, 0.2) is 0 Å². The Morgan fingerprint density at radius 3 is 2.81 bits per heavy atom. The van der Waals surface area contributed by atoms with Crippen LogP contribution in [0, 0.1) is 19.8 Å². The van der Waals surface area contributed by atoms with Crippen molar-refractivity contribution < 1.29 is 9.47 Å². The maximum atomic E-state index is 5.71. The molecule has 1 aromatic rings. The van der Waals surface area contributed by atoms with Gasteiger partial charge in [0, 0.05) is 24.8 Å². The van der Waals surface area contributed by atoms with E-state index >= 15 is 0 Å². The van der Waals surface area contributed by atoms with Crippen LogP contribution in [-0.4, -0.2) is 26.9 Å². The van der Waals surface area contributed by atoms with Crippen LogP contribution in [0.4, 0.5) is 0 Å². The van der Waals surface area contributed by atoms with E-state index in [1.54, 1.807) is 7.11 Å². The molecule has 1 aliphatic rings.